The van der Waals surface area contributed by atoms with Crippen molar-refractivity contribution in [2.24, 2.45) is 16.6 Å². The summed E-state index contributed by atoms with van der Waals surface area (Å²) in [6, 6.07) is 9.74. The van der Waals surface area contributed by atoms with Gasteiger partial charge in [0, 0.05) is 26.7 Å². The number of primary amides is 1. The van der Waals surface area contributed by atoms with Gasteiger partial charge in [0.25, 0.3) is 0 Å². The fraction of sp³-hybridized carbons (Fsp3) is 0.400. The van der Waals surface area contributed by atoms with Crippen molar-refractivity contribution >= 4 is 11.9 Å². The number of hydrogen-bond donors (Lipinski definition) is 3. The molecule has 2 rings (SSSR count). The summed E-state index contributed by atoms with van der Waals surface area (Å²) in [4.78, 5) is 15.9. The molecule has 1 aromatic heterocycles. The molecule has 1 amide bonds. The number of rotatable bonds is 11. The standard InChI is InChI=1S/C20H27FN4O3/c1-23-20(24-9-3-10-27-14-18-4-2-11-28-18)25-13-16(19(22)26)12-15-5-7-17(21)8-6-15/h2,4-8,11,16H,3,9-10,12-14H2,1H3,(H2,22,26)(H2,23,24,25). The van der Waals surface area contributed by atoms with Crippen molar-refractivity contribution in [1.29, 1.82) is 0 Å². The maximum Gasteiger partial charge on any atom is 0.222 e. The van der Waals surface area contributed by atoms with Gasteiger partial charge in [-0.3, -0.25) is 9.79 Å². The van der Waals surface area contributed by atoms with E-state index in [4.69, 9.17) is 14.9 Å². The highest BCUT2D eigenvalue weighted by Crippen LogP contribution is 2.09. The maximum atomic E-state index is 13.0. The van der Waals surface area contributed by atoms with Crippen LogP contribution in [0.5, 0.6) is 0 Å². The van der Waals surface area contributed by atoms with Crippen LogP contribution < -0.4 is 16.4 Å². The summed E-state index contributed by atoms with van der Waals surface area (Å²) in [5.41, 5.74) is 6.35. The van der Waals surface area contributed by atoms with Gasteiger partial charge in [0.05, 0.1) is 12.2 Å². The van der Waals surface area contributed by atoms with Gasteiger partial charge in [-0.15, -0.1) is 0 Å². The molecule has 8 heteroatoms. The van der Waals surface area contributed by atoms with Gasteiger partial charge in [-0.25, -0.2) is 4.39 Å². The van der Waals surface area contributed by atoms with Crippen LogP contribution in [0.4, 0.5) is 4.39 Å². The van der Waals surface area contributed by atoms with Crippen LogP contribution in [0.1, 0.15) is 17.7 Å². The highest BCUT2D eigenvalue weighted by Gasteiger charge is 2.16. The van der Waals surface area contributed by atoms with Gasteiger partial charge in [0.2, 0.25) is 5.91 Å². The normalized spacial score (nSPS) is 12.6. The lowest BCUT2D eigenvalue weighted by Crippen LogP contribution is -2.43. The van der Waals surface area contributed by atoms with Gasteiger partial charge < -0.3 is 25.5 Å². The number of ether oxygens (including phenoxy) is 1. The molecule has 0 aliphatic rings. The van der Waals surface area contributed by atoms with Gasteiger partial charge in [0.15, 0.2) is 5.96 Å². The number of carbonyl (C=O) groups excluding carboxylic acids is 1. The maximum absolute atomic E-state index is 13.0. The number of halogens is 1. The Hall–Kier alpha value is -2.87. The Morgan fingerprint density at radius 2 is 2.07 bits per heavy atom. The van der Waals surface area contributed by atoms with E-state index in [1.165, 1.54) is 12.1 Å². The lowest BCUT2D eigenvalue weighted by molar-refractivity contribution is -0.121. The van der Waals surface area contributed by atoms with Crippen molar-refractivity contribution in [3.05, 3.63) is 59.8 Å². The minimum atomic E-state index is -0.430. The first-order valence-electron chi connectivity index (χ1n) is 9.17. The van der Waals surface area contributed by atoms with E-state index in [1.54, 1.807) is 25.4 Å². The van der Waals surface area contributed by atoms with Crippen molar-refractivity contribution in [3.8, 4) is 0 Å². The Balaban J connectivity index is 1.67. The minimum absolute atomic E-state index is 0.310. The second kappa shape index (κ2) is 11.8. The first-order chi connectivity index (χ1) is 13.6. The summed E-state index contributed by atoms with van der Waals surface area (Å²) in [5.74, 6) is 0.218. The number of furan rings is 1. The SMILES string of the molecule is CN=C(NCCCOCc1ccco1)NCC(Cc1ccc(F)cc1)C(N)=O. The third-order valence-electron chi connectivity index (χ3n) is 4.12. The zero-order valence-corrected chi connectivity index (χ0v) is 16.0. The van der Waals surface area contributed by atoms with E-state index in [9.17, 15) is 9.18 Å². The van der Waals surface area contributed by atoms with E-state index in [1.807, 2.05) is 12.1 Å². The van der Waals surface area contributed by atoms with Crippen molar-refractivity contribution in [3.63, 3.8) is 0 Å². The van der Waals surface area contributed by atoms with E-state index < -0.39 is 11.8 Å². The van der Waals surface area contributed by atoms with Crippen molar-refractivity contribution < 1.29 is 18.3 Å². The van der Waals surface area contributed by atoms with Crippen LogP contribution in [0, 0.1) is 11.7 Å². The molecule has 0 radical (unpaired) electrons. The second-order valence-corrected chi connectivity index (χ2v) is 6.30. The van der Waals surface area contributed by atoms with Crippen LogP contribution in [0.2, 0.25) is 0 Å². The number of aliphatic imine (C=N–C) groups is 1. The van der Waals surface area contributed by atoms with Gasteiger partial charge in [-0.2, -0.15) is 0 Å². The third-order valence-corrected chi connectivity index (χ3v) is 4.12. The molecule has 1 unspecified atom stereocenters. The molecule has 0 bridgehead atoms. The Bertz CT molecular complexity index is 732. The van der Waals surface area contributed by atoms with Crippen LogP contribution in [0.3, 0.4) is 0 Å². The van der Waals surface area contributed by atoms with E-state index in [0.29, 0.717) is 38.7 Å². The monoisotopic (exact) mass is 390 g/mol. The first kappa shape index (κ1) is 21.4. The molecule has 28 heavy (non-hydrogen) atoms. The van der Waals surface area contributed by atoms with Gasteiger partial charge in [-0.1, -0.05) is 12.1 Å². The summed E-state index contributed by atoms with van der Waals surface area (Å²) in [6.07, 6.45) is 2.84. The zero-order valence-electron chi connectivity index (χ0n) is 16.0. The number of carbonyl (C=O) groups is 1. The molecule has 7 nitrogen and oxygen atoms in total. The topological polar surface area (TPSA) is 102 Å². The smallest absolute Gasteiger partial charge is 0.222 e. The fourth-order valence-corrected chi connectivity index (χ4v) is 2.57. The highest BCUT2D eigenvalue weighted by molar-refractivity contribution is 5.81. The summed E-state index contributed by atoms with van der Waals surface area (Å²) < 4.78 is 23.7. The molecule has 1 aromatic carbocycles. The molecule has 4 N–H and O–H groups in total. The zero-order chi connectivity index (χ0) is 20.2. The molecule has 0 aliphatic carbocycles. The molecule has 2 aromatic rings. The minimum Gasteiger partial charge on any atom is -0.467 e. The number of nitrogens with two attached hydrogens (primary N) is 1. The number of amides is 1. The Labute approximate surface area is 164 Å². The van der Waals surface area contributed by atoms with E-state index >= 15 is 0 Å². The van der Waals surface area contributed by atoms with Crippen LogP contribution in [0.15, 0.2) is 52.1 Å². The van der Waals surface area contributed by atoms with Gasteiger partial charge in [-0.05, 0) is 42.7 Å². The molecule has 0 fully saturated rings. The number of hydrogen-bond acceptors (Lipinski definition) is 4. The van der Waals surface area contributed by atoms with Crippen molar-refractivity contribution in [2.75, 3.05) is 26.7 Å². The number of nitrogens with one attached hydrogen (secondary N) is 2. The predicted molar refractivity (Wildman–Crippen MR) is 105 cm³/mol. The summed E-state index contributed by atoms with van der Waals surface area (Å²) in [6.45, 7) is 2.03. The van der Waals surface area contributed by atoms with Gasteiger partial charge >= 0.3 is 0 Å². The molecular formula is C20H27FN4O3. The molecule has 1 atom stereocenters. The second-order valence-electron chi connectivity index (χ2n) is 6.30. The first-order valence-corrected chi connectivity index (χ1v) is 9.17. The largest absolute Gasteiger partial charge is 0.467 e. The average Bonchev–Trinajstić information content (AvgIpc) is 3.20. The summed E-state index contributed by atoms with van der Waals surface area (Å²) in [5, 5.41) is 6.27. The summed E-state index contributed by atoms with van der Waals surface area (Å²) >= 11 is 0. The van der Waals surface area contributed by atoms with Crippen molar-refractivity contribution in [2.45, 2.75) is 19.4 Å². The molecule has 1 heterocycles. The number of nitrogens with zero attached hydrogens (tertiary/aromatic N) is 1. The average molecular weight is 390 g/mol. The molecule has 0 aliphatic heterocycles. The van der Waals surface area contributed by atoms with Crippen LogP contribution in [-0.2, 0) is 22.6 Å². The van der Waals surface area contributed by atoms with E-state index in [0.717, 1.165) is 17.7 Å². The fourth-order valence-electron chi connectivity index (χ4n) is 2.57. The lowest BCUT2D eigenvalue weighted by atomic mass is 9.98. The molecular weight excluding hydrogens is 363 g/mol. The van der Waals surface area contributed by atoms with Crippen LogP contribution >= 0.6 is 0 Å². The van der Waals surface area contributed by atoms with E-state index in [-0.39, 0.29) is 5.82 Å². The Kier molecular flexibility index (Phi) is 9.00. The number of benzene rings is 1. The lowest BCUT2D eigenvalue weighted by Gasteiger charge is -2.17. The molecule has 0 saturated carbocycles. The quantitative estimate of drug-likeness (QED) is 0.309. The molecule has 0 spiro atoms. The third kappa shape index (κ3) is 7.79. The van der Waals surface area contributed by atoms with Gasteiger partial charge in [0.1, 0.15) is 18.2 Å². The van der Waals surface area contributed by atoms with Crippen LogP contribution in [0.25, 0.3) is 0 Å². The van der Waals surface area contributed by atoms with Crippen molar-refractivity contribution in [1.82, 2.24) is 10.6 Å². The predicted octanol–water partition coefficient (Wildman–Crippen LogP) is 1.83. The molecule has 0 saturated heterocycles. The molecule has 152 valence electrons. The van der Waals surface area contributed by atoms with Crippen LogP contribution in [-0.4, -0.2) is 38.6 Å². The Morgan fingerprint density at radius 1 is 1.29 bits per heavy atom. The Morgan fingerprint density at radius 3 is 2.71 bits per heavy atom. The summed E-state index contributed by atoms with van der Waals surface area (Å²) in [7, 11) is 1.65. The van der Waals surface area contributed by atoms with E-state index in [2.05, 4.69) is 15.6 Å². The number of guanidine groups is 1. The highest BCUT2D eigenvalue weighted by atomic mass is 19.1.